The molecule has 0 bridgehead atoms. The maximum Gasteiger partial charge on any atom is 0.367 e. The number of esters is 2. The third-order valence-corrected chi connectivity index (χ3v) is 4.23. The summed E-state index contributed by atoms with van der Waals surface area (Å²) >= 11 is 0. The number of para-hydroxylation sites is 2. The fraction of sp³-hybridized carbons (Fsp3) is 0.0952. The van der Waals surface area contributed by atoms with Crippen molar-refractivity contribution < 1.29 is 19.1 Å². The van der Waals surface area contributed by atoms with Gasteiger partial charge in [0.05, 0.1) is 24.2 Å². The lowest BCUT2D eigenvalue weighted by Crippen LogP contribution is -2.14. The van der Waals surface area contributed by atoms with Crippen LogP contribution in [0.2, 0.25) is 0 Å². The summed E-state index contributed by atoms with van der Waals surface area (Å²) in [5, 5.41) is 12.7. The van der Waals surface area contributed by atoms with Crippen LogP contribution in [-0.4, -0.2) is 43.8 Å². The van der Waals surface area contributed by atoms with Crippen molar-refractivity contribution in [3.8, 4) is 17.3 Å². The lowest BCUT2D eigenvalue weighted by atomic mass is 10.3. The minimum absolute atomic E-state index is 0.00816. The monoisotopic (exact) mass is 403 g/mol. The number of benzene rings is 2. The molecule has 0 saturated carbocycles. The quantitative estimate of drug-likeness (QED) is 0.472. The van der Waals surface area contributed by atoms with Gasteiger partial charge in [-0.1, -0.05) is 36.4 Å². The van der Waals surface area contributed by atoms with Crippen LogP contribution in [0.1, 0.15) is 26.7 Å². The van der Waals surface area contributed by atoms with E-state index in [0.29, 0.717) is 17.1 Å². The number of ether oxygens (including phenoxy) is 2. The highest BCUT2D eigenvalue weighted by Crippen LogP contribution is 2.21. The Morgan fingerprint density at radius 3 is 2.10 bits per heavy atom. The molecule has 0 aliphatic carbocycles. The van der Waals surface area contributed by atoms with Crippen molar-refractivity contribution in [2.75, 3.05) is 7.11 Å². The Morgan fingerprint density at radius 2 is 1.47 bits per heavy atom. The van der Waals surface area contributed by atoms with Gasteiger partial charge in [0.15, 0.2) is 11.4 Å². The summed E-state index contributed by atoms with van der Waals surface area (Å²) in [6.07, 6.45) is 0. The predicted octanol–water partition coefficient (Wildman–Crippen LogP) is 2.77. The van der Waals surface area contributed by atoms with Crippen molar-refractivity contribution in [1.29, 1.82) is 0 Å². The smallest absolute Gasteiger partial charge is 0.367 e. The van der Waals surface area contributed by atoms with Crippen LogP contribution in [0, 0.1) is 6.92 Å². The molecule has 2 aromatic carbocycles. The van der Waals surface area contributed by atoms with Crippen LogP contribution in [0.3, 0.4) is 0 Å². The van der Waals surface area contributed by atoms with Gasteiger partial charge in [-0.05, 0) is 31.2 Å². The summed E-state index contributed by atoms with van der Waals surface area (Å²) in [4.78, 5) is 26.1. The minimum atomic E-state index is -0.719. The number of carbonyl (C=O) groups excluding carboxylic acids is 2. The van der Waals surface area contributed by atoms with Gasteiger partial charge in [-0.2, -0.15) is 19.7 Å². The van der Waals surface area contributed by atoms with E-state index in [1.165, 1.54) is 22.7 Å². The Balaban J connectivity index is 1.67. The molecule has 0 atom stereocenters. The number of nitrogens with zero attached hydrogens (tertiary/aromatic N) is 5. The number of aryl methyl sites for hydroxylation is 1. The van der Waals surface area contributed by atoms with E-state index in [2.05, 4.69) is 15.3 Å². The third-order valence-electron chi connectivity index (χ3n) is 4.23. The minimum Gasteiger partial charge on any atom is -0.464 e. The van der Waals surface area contributed by atoms with Crippen LogP contribution in [0.4, 0.5) is 0 Å². The summed E-state index contributed by atoms with van der Waals surface area (Å²) in [5.41, 5.74) is 1.79. The zero-order valence-electron chi connectivity index (χ0n) is 16.2. The number of hydrogen-bond acceptors (Lipinski definition) is 7. The van der Waals surface area contributed by atoms with Crippen molar-refractivity contribution in [2.24, 2.45) is 0 Å². The van der Waals surface area contributed by atoms with E-state index in [4.69, 9.17) is 9.47 Å². The zero-order valence-corrected chi connectivity index (χ0v) is 16.2. The summed E-state index contributed by atoms with van der Waals surface area (Å²) in [6.45, 7) is 1.66. The largest absolute Gasteiger partial charge is 0.464 e. The highest BCUT2D eigenvalue weighted by Gasteiger charge is 2.23. The molecular formula is C21H17N5O4. The van der Waals surface area contributed by atoms with Crippen LogP contribution in [-0.2, 0) is 4.74 Å². The van der Waals surface area contributed by atoms with E-state index in [9.17, 15) is 9.59 Å². The highest BCUT2D eigenvalue weighted by molar-refractivity contribution is 5.91. The summed E-state index contributed by atoms with van der Waals surface area (Å²) in [5.74, 6) is -1.31. The maximum absolute atomic E-state index is 12.8. The first kappa shape index (κ1) is 19.1. The predicted molar refractivity (Wildman–Crippen MR) is 106 cm³/mol. The van der Waals surface area contributed by atoms with Gasteiger partial charge in [0.2, 0.25) is 5.88 Å². The molecule has 0 aliphatic rings. The lowest BCUT2D eigenvalue weighted by Gasteiger charge is -2.06. The molecule has 4 rings (SSSR count). The first-order valence-electron chi connectivity index (χ1n) is 9.02. The SMILES string of the molecule is COC(=O)c1cc(OC(=O)c2nn(-c3ccccc3)nc2C)n(-c2ccccc2)n1. The molecule has 0 aliphatic heterocycles. The number of methoxy groups -OCH3 is 1. The number of rotatable bonds is 5. The molecule has 2 heterocycles. The van der Waals surface area contributed by atoms with Crippen molar-refractivity contribution in [1.82, 2.24) is 24.8 Å². The molecule has 0 amide bonds. The van der Waals surface area contributed by atoms with E-state index in [1.807, 2.05) is 36.4 Å². The highest BCUT2D eigenvalue weighted by atomic mass is 16.5. The molecule has 9 heteroatoms. The second-order valence-corrected chi connectivity index (χ2v) is 6.26. The van der Waals surface area contributed by atoms with E-state index in [1.54, 1.807) is 31.2 Å². The van der Waals surface area contributed by atoms with E-state index in [-0.39, 0.29) is 17.3 Å². The molecular weight excluding hydrogens is 386 g/mol. The molecule has 0 radical (unpaired) electrons. The topological polar surface area (TPSA) is 101 Å². The van der Waals surface area contributed by atoms with Crippen LogP contribution in [0.15, 0.2) is 66.7 Å². The Hall–Kier alpha value is -4.27. The van der Waals surface area contributed by atoms with Gasteiger partial charge in [-0.3, -0.25) is 0 Å². The number of aromatic nitrogens is 5. The zero-order chi connectivity index (χ0) is 21.1. The number of hydrogen-bond donors (Lipinski definition) is 0. The van der Waals surface area contributed by atoms with Crippen molar-refractivity contribution in [2.45, 2.75) is 6.92 Å². The second kappa shape index (κ2) is 8.00. The van der Waals surface area contributed by atoms with Gasteiger partial charge in [0, 0.05) is 6.07 Å². The van der Waals surface area contributed by atoms with Crippen LogP contribution in [0.25, 0.3) is 11.4 Å². The average Bonchev–Trinajstić information content (AvgIpc) is 3.38. The Bertz CT molecular complexity index is 1200. The maximum atomic E-state index is 12.8. The second-order valence-electron chi connectivity index (χ2n) is 6.26. The van der Waals surface area contributed by atoms with Gasteiger partial charge >= 0.3 is 11.9 Å². The molecule has 0 fully saturated rings. The molecule has 30 heavy (non-hydrogen) atoms. The fourth-order valence-electron chi connectivity index (χ4n) is 2.78. The average molecular weight is 403 g/mol. The molecule has 2 aromatic heterocycles. The van der Waals surface area contributed by atoms with Gasteiger partial charge in [0.25, 0.3) is 0 Å². The molecule has 4 aromatic rings. The van der Waals surface area contributed by atoms with Gasteiger partial charge in [0.1, 0.15) is 0 Å². The van der Waals surface area contributed by atoms with Crippen molar-refractivity contribution >= 4 is 11.9 Å². The fourth-order valence-corrected chi connectivity index (χ4v) is 2.78. The molecule has 9 nitrogen and oxygen atoms in total. The molecule has 0 unspecified atom stereocenters. The Morgan fingerprint density at radius 1 is 0.833 bits per heavy atom. The van der Waals surface area contributed by atoms with E-state index in [0.717, 1.165) is 0 Å². The van der Waals surface area contributed by atoms with Crippen molar-refractivity contribution in [3.63, 3.8) is 0 Å². The van der Waals surface area contributed by atoms with Gasteiger partial charge in [-0.25, -0.2) is 9.59 Å². The normalized spacial score (nSPS) is 10.6. The van der Waals surface area contributed by atoms with Crippen LogP contribution in [0.5, 0.6) is 5.88 Å². The van der Waals surface area contributed by atoms with Crippen LogP contribution >= 0.6 is 0 Å². The summed E-state index contributed by atoms with van der Waals surface area (Å²) < 4.78 is 11.6. The van der Waals surface area contributed by atoms with Gasteiger partial charge in [-0.15, -0.1) is 5.10 Å². The lowest BCUT2D eigenvalue weighted by molar-refractivity contribution is 0.0592. The third kappa shape index (κ3) is 3.68. The molecule has 0 N–H and O–H groups in total. The Kier molecular flexibility index (Phi) is 5.08. The van der Waals surface area contributed by atoms with Crippen molar-refractivity contribution in [3.05, 3.63) is 83.8 Å². The van der Waals surface area contributed by atoms with E-state index < -0.39 is 11.9 Å². The molecule has 0 spiro atoms. The number of carbonyl (C=O) groups is 2. The molecule has 150 valence electrons. The van der Waals surface area contributed by atoms with Crippen LogP contribution < -0.4 is 4.74 Å². The first-order chi connectivity index (χ1) is 14.6. The summed E-state index contributed by atoms with van der Waals surface area (Å²) in [6, 6.07) is 19.5. The first-order valence-corrected chi connectivity index (χ1v) is 9.02. The standard InChI is InChI=1S/C21H17N5O4/c1-14-19(24-26(22-14)16-11-7-4-8-12-16)21(28)30-18-13-17(20(27)29-2)23-25(18)15-9-5-3-6-10-15/h3-13H,1-2H3. The molecule has 0 saturated heterocycles. The Labute approximate surface area is 171 Å². The summed E-state index contributed by atoms with van der Waals surface area (Å²) in [7, 11) is 1.25. The van der Waals surface area contributed by atoms with E-state index >= 15 is 0 Å². The van der Waals surface area contributed by atoms with Gasteiger partial charge < -0.3 is 9.47 Å².